The summed E-state index contributed by atoms with van der Waals surface area (Å²) in [6.07, 6.45) is 2.45. The summed E-state index contributed by atoms with van der Waals surface area (Å²) in [7, 11) is 1.86. The number of piperidine rings is 1. The lowest BCUT2D eigenvalue weighted by Gasteiger charge is -2.31. The van der Waals surface area contributed by atoms with E-state index < -0.39 is 0 Å². The third kappa shape index (κ3) is 6.16. The average Bonchev–Trinajstić information content (AvgIpc) is 2.59. The van der Waals surface area contributed by atoms with Gasteiger partial charge >= 0.3 is 0 Å². The number of oxime groups is 1. The van der Waals surface area contributed by atoms with Crippen LogP contribution in [0.4, 0.5) is 0 Å². The normalized spacial score (nSPS) is 16.0. The van der Waals surface area contributed by atoms with Gasteiger partial charge in [-0.25, -0.2) is 0 Å². The Morgan fingerprint density at radius 2 is 2.04 bits per heavy atom. The zero-order valence-corrected chi connectivity index (χ0v) is 15.9. The highest BCUT2D eigenvalue weighted by molar-refractivity contribution is 5.88. The zero-order valence-electron chi connectivity index (χ0n) is 15.9. The van der Waals surface area contributed by atoms with Gasteiger partial charge in [0.15, 0.2) is 0 Å². The lowest BCUT2D eigenvalue weighted by molar-refractivity contribution is -0.133. The summed E-state index contributed by atoms with van der Waals surface area (Å²) in [5, 5.41) is 7.43. The van der Waals surface area contributed by atoms with Crippen LogP contribution in [-0.4, -0.2) is 42.7 Å². The Kier molecular flexibility index (Phi) is 7.44. The number of likely N-dealkylation sites (tertiary alicyclic amines) is 1. The predicted octanol–water partition coefficient (Wildman–Crippen LogP) is 3.12. The Balaban J connectivity index is 1.79. The van der Waals surface area contributed by atoms with Crippen LogP contribution in [0, 0.1) is 12.8 Å². The number of benzene rings is 1. The number of carbonyl (C=O) groups is 1. The molecule has 1 heterocycles. The first-order valence-electron chi connectivity index (χ1n) is 9.19. The van der Waals surface area contributed by atoms with Crippen LogP contribution in [0.2, 0.25) is 0 Å². The molecule has 25 heavy (non-hydrogen) atoms. The van der Waals surface area contributed by atoms with E-state index in [0.29, 0.717) is 12.5 Å². The second-order valence-corrected chi connectivity index (χ2v) is 7.22. The van der Waals surface area contributed by atoms with Crippen molar-refractivity contribution in [2.45, 2.75) is 52.7 Å². The zero-order chi connectivity index (χ0) is 18.2. The molecule has 5 heteroatoms. The second-order valence-electron chi connectivity index (χ2n) is 7.22. The van der Waals surface area contributed by atoms with E-state index in [9.17, 15) is 4.79 Å². The van der Waals surface area contributed by atoms with E-state index in [4.69, 9.17) is 4.84 Å². The van der Waals surface area contributed by atoms with Gasteiger partial charge in [-0.2, -0.15) is 0 Å². The number of hydrogen-bond acceptors (Lipinski definition) is 4. The van der Waals surface area contributed by atoms with E-state index in [-0.39, 0.29) is 11.9 Å². The Morgan fingerprint density at radius 3 is 2.64 bits per heavy atom. The fraction of sp³-hybridized carbons (Fsp3) is 0.600. The average molecular weight is 345 g/mol. The smallest absolute Gasteiger partial charge is 0.239 e. The Hall–Kier alpha value is -1.88. The highest BCUT2D eigenvalue weighted by atomic mass is 16.6. The van der Waals surface area contributed by atoms with Crippen molar-refractivity contribution in [3.63, 3.8) is 0 Å². The molecule has 0 spiro atoms. The minimum atomic E-state index is -0.0870. The summed E-state index contributed by atoms with van der Waals surface area (Å²) in [5.41, 5.74) is 3.39. The monoisotopic (exact) mass is 345 g/mol. The molecule has 1 aliphatic heterocycles. The molecule has 0 aliphatic carbocycles. The second kappa shape index (κ2) is 9.56. The van der Waals surface area contributed by atoms with Gasteiger partial charge < -0.3 is 15.1 Å². The molecule has 1 aromatic rings. The largest absolute Gasteiger partial charge is 0.391 e. The van der Waals surface area contributed by atoms with E-state index in [0.717, 1.165) is 43.6 Å². The van der Waals surface area contributed by atoms with Gasteiger partial charge in [0.25, 0.3) is 0 Å². The van der Waals surface area contributed by atoms with Gasteiger partial charge in [-0.05, 0) is 31.9 Å². The first-order valence-corrected chi connectivity index (χ1v) is 9.19. The fourth-order valence-corrected chi connectivity index (χ4v) is 3.11. The molecule has 0 saturated carbocycles. The van der Waals surface area contributed by atoms with Crippen LogP contribution >= 0.6 is 0 Å². The minimum absolute atomic E-state index is 0.0870. The van der Waals surface area contributed by atoms with Crippen molar-refractivity contribution < 1.29 is 9.63 Å². The number of likely N-dealkylation sites (N-methyl/N-ethyl adjacent to an activating group) is 1. The van der Waals surface area contributed by atoms with E-state index in [1.807, 2.05) is 24.1 Å². The highest BCUT2D eigenvalue weighted by Gasteiger charge is 2.26. The molecule has 1 amide bonds. The Morgan fingerprint density at radius 1 is 1.32 bits per heavy atom. The van der Waals surface area contributed by atoms with Gasteiger partial charge in [-0.15, -0.1) is 0 Å². The predicted molar refractivity (Wildman–Crippen MR) is 102 cm³/mol. The van der Waals surface area contributed by atoms with E-state index in [1.54, 1.807) is 0 Å². The summed E-state index contributed by atoms with van der Waals surface area (Å²) in [6, 6.07) is 8.16. The van der Waals surface area contributed by atoms with Crippen LogP contribution < -0.4 is 5.32 Å². The topological polar surface area (TPSA) is 53.9 Å². The molecule has 0 radical (unpaired) electrons. The van der Waals surface area contributed by atoms with E-state index >= 15 is 0 Å². The van der Waals surface area contributed by atoms with Crippen molar-refractivity contribution in [2.75, 3.05) is 20.1 Å². The van der Waals surface area contributed by atoms with Gasteiger partial charge in [0, 0.05) is 25.9 Å². The summed E-state index contributed by atoms with van der Waals surface area (Å²) >= 11 is 0. The summed E-state index contributed by atoms with van der Waals surface area (Å²) in [5.74, 6) is 0.703. The van der Waals surface area contributed by atoms with Crippen molar-refractivity contribution in [2.24, 2.45) is 11.1 Å². The van der Waals surface area contributed by atoms with Crippen molar-refractivity contribution >= 4 is 11.6 Å². The quantitative estimate of drug-likeness (QED) is 0.773. The molecule has 5 nitrogen and oxygen atoms in total. The van der Waals surface area contributed by atoms with Gasteiger partial charge in [0.1, 0.15) is 6.61 Å². The summed E-state index contributed by atoms with van der Waals surface area (Å²) in [6.45, 7) is 8.29. The molecule has 1 aromatic carbocycles. The van der Waals surface area contributed by atoms with Crippen molar-refractivity contribution in [3.05, 3.63) is 35.4 Å². The van der Waals surface area contributed by atoms with Gasteiger partial charge in [0.05, 0.1) is 11.8 Å². The first-order chi connectivity index (χ1) is 12.0. The molecule has 1 aliphatic rings. The van der Waals surface area contributed by atoms with Crippen LogP contribution in [-0.2, 0) is 16.2 Å². The standard InChI is InChI=1S/C20H31N3O2/c1-15(2)12-19(21-4)20(24)23-10-8-18(9-11-23)22-25-14-17-7-5-6-16(3)13-17/h5-7,13,15,19,21H,8-12,14H2,1-4H3. The lowest BCUT2D eigenvalue weighted by Crippen LogP contribution is -2.48. The number of nitrogens with zero attached hydrogens (tertiary/aromatic N) is 2. The van der Waals surface area contributed by atoms with Crippen LogP contribution in [0.1, 0.15) is 44.2 Å². The maximum absolute atomic E-state index is 12.6. The summed E-state index contributed by atoms with van der Waals surface area (Å²) in [4.78, 5) is 20.0. The molecule has 1 fully saturated rings. The van der Waals surface area contributed by atoms with Gasteiger partial charge in [-0.1, -0.05) is 48.8 Å². The van der Waals surface area contributed by atoms with Crippen LogP contribution in [0.3, 0.4) is 0 Å². The SMILES string of the molecule is CNC(CC(C)C)C(=O)N1CCC(=NOCc2cccc(C)c2)CC1. The minimum Gasteiger partial charge on any atom is -0.391 e. The number of nitrogens with one attached hydrogen (secondary N) is 1. The fourth-order valence-electron chi connectivity index (χ4n) is 3.11. The molecular weight excluding hydrogens is 314 g/mol. The lowest BCUT2D eigenvalue weighted by atomic mass is 10.0. The molecule has 1 atom stereocenters. The van der Waals surface area contributed by atoms with E-state index in [1.165, 1.54) is 5.56 Å². The Labute approximate surface area is 151 Å². The van der Waals surface area contributed by atoms with E-state index in [2.05, 4.69) is 43.4 Å². The molecule has 0 aromatic heterocycles. The van der Waals surface area contributed by atoms with Crippen LogP contribution in [0.25, 0.3) is 0 Å². The molecule has 138 valence electrons. The number of rotatable bonds is 7. The number of aryl methyl sites for hydroxylation is 1. The molecule has 1 N–H and O–H groups in total. The van der Waals surface area contributed by atoms with Crippen molar-refractivity contribution in [1.82, 2.24) is 10.2 Å². The van der Waals surface area contributed by atoms with Gasteiger partial charge in [-0.3, -0.25) is 4.79 Å². The van der Waals surface area contributed by atoms with Crippen molar-refractivity contribution in [3.8, 4) is 0 Å². The molecule has 2 rings (SSSR count). The highest BCUT2D eigenvalue weighted by Crippen LogP contribution is 2.13. The number of amides is 1. The molecular formula is C20H31N3O2. The molecule has 0 bridgehead atoms. The first kappa shape index (κ1) is 19.4. The molecule has 1 unspecified atom stereocenters. The number of carbonyl (C=O) groups excluding carboxylic acids is 1. The molecule has 1 saturated heterocycles. The Bertz CT molecular complexity index is 588. The van der Waals surface area contributed by atoms with Crippen LogP contribution in [0.5, 0.6) is 0 Å². The van der Waals surface area contributed by atoms with Gasteiger partial charge in [0.2, 0.25) is 5.91 Å². The maximum atomic E-state index is 12.6. The maximum Gasteiger partial charge on any atom is 0.239 e. The van der Waals surface area contributed by atoms with Crippen LogP contribution in [0.15, 0.2) is 29.4 Å². The summed E-state index contributed by atoms with van der Waals surface area (Å²) < 4.78 is 0. The third-order valence-electron chi connectivity index (χ3n) is 4.51. The number of hydrogen-bond donors (Lipinski definition) is 1. The third-order valence-corrected chi connectivity index (χ3v) is 4.51. The van der Waals surface area contributed by atoms with Crippen molar-refractivity contribution in [1.29, 1.82) is 0 Å².